The van der Waals surface area contributed by atoms with Crippen molar-refractivity contribution in [2.45, 2.75) is 26.9 Å². The molecule has 1 aliphatic rings. The van der Waals surface area contributed by atoms with Crippen molar-refractivity contribution in [2.75, 3.05) is 19.7 Å². The lowest BCUT2D eigenvalue weighted by Gasteiger charge is -2.29. The average molecular weight is 510 g/mol. The number of aromatic nitrogens is 1. The minimum absolute atomic E-state index is 0.0733. The fourth-order valence-corrected chi connectivity index (χ4v) is 3.15. The predicted molar refractivity (Wildman–Crippen MR) is 129 cm³/mol. The Morgan fingerprint density at radius 1 is 1.14 bits per heavy atom. The highest BCUT2D eigenvalue weighted by Gasteiger charge is 2.30. The van der Waals surface area contributed by atoms with Crippen LogP contribution in [-0.4, -0.2) is 51.2 Å². The summed E-state index contributed by atoms with van der Waals surface area (Å²) >= 11 is 5.49. The van der Waals surface area contributed by atoms with Crippen molar-refractivity contribution in [1.82, 2.24) is 14.8 Å². The lowest BCUT2D eigenvalue weighted by molar-refractivity contribution is 0.0705. The van der Waals surface area contributed by atoms with Gasteiger partial charge in [-0.05, 0) is 19.9 Å². The van der Waals surface area contributed by atoms with Crippen LogP contribution in [0.3, 0.4) is 0 Å². The Bertz CT molecular complexity index is 1140. The van der Waals surface area contributed by atoms with E-state index in [-0.39, 0.29) is 24.4 Å². The van der Waals surface area contributed by atoms with Gasteiger partial charge in [0.15, 0.2) is 11.4 Å². The van der Waals surface area contributed by atoms with E-state index in [2.05, 4.69) is 31.0 Å². The first-order valence-corrected chi connectivity index (χ1v) is 10.5. The lowest BCUT2D eigenvalue weighted by atomic mass is 10.1. The first-order chi connectivity index (χ1) is 16.7. The molecule has 1 aromatic heterocycles. The Balaban J connectivity index is 0.00000150. The minimum atomic E-state index is -1.02. The predicted octanol–water partition coefficient (Wildman–Crippen LogP) is 2.39. The maximum atomic E-state index is 13.9. The van der Waals surface area contributed by atoms with Gasteiger partial charge in [0, 0.05) is 44.5 Å². The zero-order chi connectivity index (χ0) is 27.3. The van der Waals surface area contributed by atoms with Crippen LogP contribution in [0.4, 0.5) is 8.78 Å². The molecule has 0 saturated carbocycles. The van der Waals surface area contributed by atoms with Crippen LogP contribution in [0.15, 0.2) is 23.1 Å². The van der Waals surface area contributed by atoms with Crippen LogP contribution in [0.5, 0.6) is 5.75 Å². The second-order valence-electron chi connectivity index (χ2n) is 6.48. The highest BCUT2D eigenvalue weighted by molar-refractivity contribution is 6.30. The van der Waals surface area contributed by atoms with E-state index in [1.807, 2.05) is 0 Å². The quantitative estimate of drug-likeness (QED) is 0.433. The number of hydrogen-bond acceptors (Lipinski definition) is 5. The molecule has 0 atom stereocenters. The number of rotatable bonds is 4. The number of likely N-dealkylation sites (N-methyl/N-ethyl adjacent to an activating group) is 1. The molecule has 2 heterocycles. The number of nitrogens with zero attached hydrogens (tertiary/aromatic N) is 2. The van der Waals surface area contributed by atoms with Crippen molar-refractivity contribution >= 4 is 23.4 Å². The highest BCUT2D eigenvalue weighted by Crippen LogP contribution is 2.22. The molecule has 2 aromatic rings. The second kappa shape index (κ2) is 15.1. The fourth-order valence-electron chi connectivity index (χ4n) is 2.97. The SMILES string of the molecule is C#C.C#C.CCN1CCn2cc(C(=O)NCc3ccc(F)c(Cl)c3F)c(=O)c(O)c2C1=O.CCO. The Morgan fingerprint density at radius 3 is 2.26 bits per heavy atom. The van der Waals surface area contributed by atoms with Gasteiger partial charge in [0.1, 0.15) is 22.2 Å². The van der Waals surface area contributed by atoms with Gasteiger partial charge in [-0.1, -0.05) is 17.7 Å². The number of aliphatic hydroxyl groups excluding tert-OH is 1. The molecule has 11 heteroatoms. The molecular weight excluding hydrogens is 484 g/mol. The molecule has 0 saturated heterocycles. The van der Waals surface area contributed by atoms with Crippen LogP contribution in [0.25, 0.3) is 0 Å². The third kappa shape index (κ3) is 7.31. The molecule has 0 radical (unpaired) electrons. The number of aromatic hydroxyl groups is 1. The number of benzene rings is 1. The second-order valence-corrected chi connectivity index (χ2v) is 6.86. The Hall–Kier alpha value is -3.86. The standard InChI is InChI=1S/C18H16ClF2N3O4.C2H6O.2C2H2/c1-2-23-5-6-24-8-10(15(25)16(26)14(24)18(23)28)17(27)22-7-9-3-4-11(20)12(19)13(9)21;1-2-3;2*1-2/h3-4,8,26H,2,5-7H2,1H3,(H,22,27);3H,2H2,1H3;2*1-2H. The number of aliphatic hydroxyl groups is 1. The molecule has 0 unspecified atom stereocenters. The lowest BCUT2D eigenvalue weighted by Crippen LogP contribution is -2.42. The van der Waals surface area contributed by atoms with Gasteiger partial charge in [-0.3, -0.25) is 14.4 Å². The minimum Gasteiger partial charge on any atom is -0.503 e. The number of amides is 2. The zero-order valence-electron chi connectivity index (χ0n) is 19.2. The summed E-state index contributed by atoms with van der Waals surface area (Å²) in [5, 5.41) is 19.4. The zero-order valence-corrected chi connectivity index (χ0v) is 20.0. The molecule has 0 fully saturated rings. The topological polar surface area (TPSA) is 112 Å². The molecule has 0 aliphatic carbocycles. The van der Waals surface area contributed by atoms with Gasteiger partial charge in [-0.2, -0.15) is 0 Å². The van der Waals surface area contributed by atoms with E-state index in [1.54, 1.807) is 13.8 Å². The summed E-state index contributed by atoms with van der Waals surface area (Å²) in [6, 6.07) is 2.07. The van der Waals surface area contributed by atoms with E-state index in [0.29, 0.717) is 19.6 Å². The summed E-state index contributed by atoms with van der Waals surface area (Å²) in [4.78, 5) is 38.5. The van der Waals surface area contributed by atoms with E-state index in [1.165, 1.54) is 15.7 Å². The highest BCUT2D eigenvalue weighted by atomic mass is 35.5. The fraction of sp³-hybridized carbons (Fsp3) is 0.292. The van der Waals surface area contributed by atoms with Crippen molar-refractivity contribution in [3.63, 3.8) is 0 Å². The number of fused-ring (bicyclic) bond motifs is 1. The van der Waals surface area contributed by atoms with Crippen molar-refractivity contribution in [2.24, 2.45) is 0 Å². The van der Waals surface area contributed by atoms with Crippen LogP contribution < -0.4 is 10.7 Å². The monoisotopic (exact) mass is 509 g/mol. The van der Waals surface area contributed by atoms with Crippen molar-refractivity contribution < 1.29 is 28.6 Å². The van der Waals surface area contributed by atoms with Gasteiger partial charge < -0.3 is 25.0 Å². The van der Waals surface area contributed by atoms with Crippen LogP contribution >= 0.6 is 11.6 Å². The Morgan fingerprint density at radius 2 is 1.71 bits per heavy atom. The molecule has 0 spiro atoms. The summed E-state index contributed by atoms with van der Waals surface area (Å²) in [6.07, 6.45) is 17.2. The molecule has 2 amide bonds. The van der Waals surface area contributed by atoms with Crippen LogP contribution in [0, 0.1) is 37.3 Å². The number of pyridine rings is 1. The smallest absolute Gasteiger partial charge is 0.274 e. The van der Waals surface area contributed by atoms with E-state index in [4.69, 9.17) is 16.7 Å². The number of hydrogen-bond donors (Lipinski definition) is 3. The van der Waals surface area contributed by atoms with Crippen molar-refractivity contribution in [3.05, 3.63) is 62.0 Å². The number of terminal acetylenes is 2. The molecule has 8 nitrogen and oxygen atoms in total. The van der Waals surface area contributed by atoms with Crippen LogP contribution in [0.2, 0.25) is 5.02 Å². The summed E-state index contributed by atoms with van der Waals surface area (Å²) < 4.78 is 28.5. The number of carbonyl (C=O) groups is 2. The Kier molecular flexibility index (Phi) is 13.5. The Labute approximate surface area is 207 Å². The van der Waals surface area contributed by atoms with E-state index < -0.39 is 45.2 Å². The van der Waals surface area contributed by atoms with Crippen molar-refractivity contribution in [3.8, 4) is 31.4 Å². The van der Waals surface area contributed by atoms with Gasteiger partial charge in [-0.15, -0.1) is 25.7 Å². The summed E-state index contributed by atoms with van der Waals surface area (Å²) in [5.74, 6) is -4.14. The first kappa shape index (κ1) is 31.1. The molecule has 3 N–H and O–H groups in total. The van der Waals surface area contributed by atoms with Crippen LogP contribution in [0.1, 0.15) is 40.3 Å². The maximum absolute atomic E-state index is 13.9. The average Bonchev–Trinajstić information content (AvgIpc) is 2.87. The summed E-state index contributed by atoms with van der Waals surface area (Å²) in [7, 11) is 0. The van der Waals surface area contributed by atoms with E-state index in [0.717, 1.165) is 12.1 Å². The number of nitrogens with one attached hydrogen (secondary N) is 1. The third-order valence-electron chi connectivity index (χ3n) is 4.54. The number of carbonyl (C=O) groups excluding carboxylic acids is 2. The third-order valence-corrected chi connectivity index (χ3v) is 4.88. The van der Waals surface area contributed by atoms with E-state index in [9.17, 15) is 28.3 Å². The van der Waals surface area contributed by atoms with Gasteiger partial charge in [0.05, 0.1) is 0 Å². The first-order valence-electron chi connectivity index (χ1n) is 10.1. The van der Waals surface area contributed by atoms with Gasteiger partial charge >= 0.3 is 0 Å². The van der Waals surface area contributed by atoms with Gasteiger partial charge in [-0.25, -0.2) is 8.78 Å². The normalized spacial score (nSPS) is 11.4. The molecule has 35 heavy (non-hydrogen) atoms. The largest absolute Gasteiger partial charge is 0.503 e. The van der Waals surface area contributed by atoms with E-state index >= 15 is 0 Å². The molecule has 188 valence electrons. The summed E-state index contributed by atoms with van der Waals surface area (Å²) in [5.41, 5.74) is -1.65. The molecular formula is C24H26ClF2N3O5. The van der Waals surface area contributed by atoms with Crippen LogP contribution in [-0.2, 0) is 13.1 Å². The molecule has 3 rings (SSSR count). The molecule has 1 aromatic carbocycles. The number of halogens is 3. The van der Waals surface area contributed by atoms with Gasteiger partial charge in [0.2, 0.25) is 5.43 Å². The summed E-state index contributed by atoms with van der Waals surface area (Å²) in [6.45, 7) is 4.43. The maximum Gasteiger partial charge on any atom is 0.274 e. The van der Waals surface area contributed by atoms with Gasteiger partial charge in [0.25, 0.3) is 11.8 Å². The molecule has 1 aliphatic heterocycles. The van der Waals surface area contributed by atoms with Crippen molar-refractivity contribution in [1.29, 1.82) is 0 Å². The molecule has 0 bridgehead atoms.